The Labute approximate surface area is 117 Å². The number of primary amides is 1. The maximum atomic E-state index is 11.3. The van der Waals surface area contributed by atoms with Crippen molar-refractivity contribution in [2.45, 2.75) is 12.5 Å². The Morgan fingerprint density at radius 2 is 2.00 bits per heavy atom. The van der Waals surface area contributed by atoms with Crippen molar-refractivity contribution >= 4 is 41.6 Å². The number of hydrogen-bond donors (Lipinski definition) is 3. The largest absolute Gasteiger partial charge is 0.368 e. The summed E-state index contributed by atoms with van der Waals surface area (Å²) >= 11 is 0. The predicted octanol–water partition coefficient (Wildman–Crippen LogP) is 1.68. The fourth-order valence-corrected chi connectivity index (χ4v) is 2.42. The van der Waals surface area contributed by atoms with Crippen molar-refractivity contribution in [2.24, 2.45) is 5.73 Å². The van der Waals surface area contributed by atoms with Gasteiger partial charge in [0.15, 0.2) is 0 Å². The van der Waals surface area contributed by atoms with Gasteiger partial charge >= 0.3 is 0 Å². The molecule has 0 bridgehead atoms. The Morgan fingerprint density at radius 3 is 2.72 bits per heavy atom. The van der Waals surface area contributed by atoms with Gasteiger partial charge in [0.2, 0.25) is 5.91 Å². The van der Waals surface area contributed by atoms with E-state index in [-0.39, 0.29) is 36.8 Å². The van der Waals surface area contributed by atoms with E-state index in [9.17, 15) is 4.79 Å². The number of amides is 1. The molecular formula is C12H15Cl2N3O. The summed E-state index contributed by atoms with van der Waals surface area (Å²) in [6.45, 7) is 0.794. The quantitative estimate of drug-likeness (QED) is 0.747. The first-order valence-electron chi connectivity index (χ1n) is 5.39. The van der Waals surface area contributed by atoms with Crippen LogP contribution in [0.2, 0.25) is 0 Å². The van der Waals surface area contributed by atoms with E-state index in [2.05, 4.69) is 16.4 Å². The third-order valence-electron chi connectivity index (χ3n) is 3.14. The first-order valence-corrected chi connectivity index (χ1v) is 5.39. The monoisotopic (exact) mass is 287 g/mol. The van der Waals surface area contributed by atoms with E-state index < -0.39 is 0 Å². The van der Waals surface area contributed by atoms with Crippen molar-refractivity contribution in [2.75, 3.05) is 6.54 Å². The molecule has 3 rings (SSSR count). The molecule has 2 heterocycles. The molecule has 1 aromatic heterocycles. The highest BCUT2D eigenvalue weighted by atomic mass is 35.5. The number of nitrogens with two attached hydrogens (primary N) is 1. The van der Waals surface area contributed by atoms with Crippen LogP contribution in [0.15, 0.2) is 24.3 Å². The summed E-state index contributed by atoms with van der Waals surface area (Å²) in [5.74, 6) is -0.326. The van der Waals surface area contributed by atoms with Crippen molar-refractivity contribution in [1.82, 2.24) is 10.3 Å². The number of para-hydroxylation sites is 1. The minimum atomic E-state index is -0.379. The highest BCUT2D eigenvalue weighted by molar-refractivity contribution is 5.89. The van der Waals surface area contributed by atoms with Crippen molar-refractivity contribution in [3.05, 3.63) is 35.5 Å². The lowest BCUT2D eigenvalue weighted by Crippen LogP contribution is -2.38. The molecule has 98 valence electrons. The molecule has 1 aliphatic heterocycles. The van der Waals surface area contributed by atoms with Crippen LogP contribution in [0.4, 0.5) is 0 Å². The second kappa shape index (κ2) is 5.61. The smallest absolute Gasteiger partial charge is 0.240 e. The molecule has 4 nitrogen and oxygen atoms in total. The van der Waals surface area contributed by atoms with Crippen LogP contribution in [0, 0.1) is 0 Å². The lowest BCUT2D eigenvalue weighted by atomic mass is 9.99. The molecule has 18 heavy (non-hydrogen) atoms. The van der Waals surface area contributed by atoms with Crippen molar-refractivity contribution in [1.29, 1.82) is 0 Å². The minimum Gasteiger partial charge on any atom is -0.368 e. The van der Waals surface area contributed by atoms with Gasteiger partial charge in [-0.3, -0.25) is 4.79 Å². The van der Waals surface area contributed by atoms with E-state index in [1.54, 1.807) is 0 Å². The topological polar surface area (TPSA) is 70.9 Å². The predicted molar refractivity (Wildman–Crippen MR) is 76.4 cm³/mol. The van der Waals surface area contributed by atoms with Crippen LogP contribution in [0.25, 0.3) is 10.9 Å². The Kier molecular flexibility index (Phi) is 4.62. The molecule has 0 aliphatic carbocycles. The number of rotatable bonds is 1. The zero-order valence-corrected chi connectivity index (χ0v) is 11.2. The average Bonchev–Trinajstić information content (AvgIpc) is 2.67. The second-order valence-corrected chi connectivity index (χ2v) is 4.10. The van der Waals surface area contributed by atoms with E-state index in [4.69, 9.17) is 5.73 Å². The normalized spacial score (nSPS) is 17.4. The number of hydrogen-bond acceptors (Lipinski definition) is 2. The summed E-state index contributed by atoms with van der Waals surface area (Å²) in [5.41, 5.74) is 8.61. The van der Waals surface area contributed by atoms with E-state index in [0.717, 1.165) is 24.2 Å². The molecule has 0 fully saturated rings. The number of fused-ring (bicyclic) bond motifs is 3. The molecule has 1 unspecified atom stereocenters. The van der Waals surface area contributed by atoms with Gasteiger partial charge in [0.1, 0.15) is 6.04 Å². The molecule has 1 atom stereocenters. The molecular weight excluding hydrogens is 273 g/mol. The van der Waals surface area contributed by atoms with Gasteiger partial charge in [-0.2, -0.15) is 0 Å². The van der Waals surface area contributed by atoms with E-state index >= 15 is 0 Å². The highest BCUT2D eigenvalue weighted by Gasteiger charge is 2.27. The minimum absolute atomic E-state index is 0. The second-order valence-electron chi connectivity index (χ2n) is 4.10. The number of nitrogens with one attached hydrogen (secondary N) is 2. The molecule has 4 N–H and O–H groups in total. The number of carbonyl (C=O) groups is 1. The highest BCUT2D eigenvalue weighted by Crippen LogP contribution is 2.29. The summed E-state index contributed by atoms with van der Waals surface area (Å²) < 4.78 is 0. The number of carbonyl (C=O) groups excluding carboxylic acids is 1. The third-order valence-corrected chi connectivity index (χ3v) is 3.14. The number of aromatic nitrogens is 1. The Hall–Kier alpha value is -1.23. The van der Waals surface area contributed by atoms with Crippen LogP contribution >= 0.6 is 24.8 Å². The van der Waals surface area contributed by atoms with Crippen molar-refractivity contribution < 1.29 is 4.79 Å². The molecule has 0 saturated carbocycles. The maximum absolute atomic E-state index is 11.3. The lowest BCUT2D eigenvalue weighted by molar-refractivity contribution is -0.120. The molecule has 0 saturated heterocycles. The molecule has 1 aliphatic rings. The van der Waals surface area contributed by atoms with Gasteiger partial charge in [-0.05, 0) is 18.1 Å². The van der Waals surface area contributed by atoms with Crippen LogP contribution in [0.5, 0.6) is 0 Å². The molecule has 2 aromatic rings. The van der Waals surface area contributed by atoms with E-state index in [1.165, 1.54) is 10.9 Å². The van der Waals surface area contributed by atoms with Gasteiger partial charge < -0.3 is 16.0 Å². The van der Waals surface area contributed by atoms with E-state index in [1.807, 2.05) is 18.2 Å². The summed E-state index contributed by atoms with van der Waals surface area (Å²) in [4.78, 5) is 14.6. The number of H-pyrrole nitrogens is 1. The van der Waals surface area contributed by atoms with Gasteiger partial charge in [-0.15, -0.1) is 24.8 Å². The number of halogens is 2. The first kappa shape index (κ1) is 14.8. The molecule has 6 heteroatoms. The van der Waals surface area contributed by atoms with Crippen molar-refractivity contribution in [3.63, 3.8) is 0 Å². The summed E-state index contributed by atoms with van der Waals surface area (Å²) in [6, 6.07) is 7.71. The zero-order valence-electron chi connectivity index (χ0n) is 9.60. The fourth-order valence-electron chi connectivity index (χ4n) is 2.42. The molecule has 0 spiro atoms. The number of benzene rings is 1. The first-order chi connectivity index (χ1) is 7.77. The Bertz CT molecular complexity index is 567. The maximum Gasteiger partial charge on any atom is 0.240 e. The summed E-state index contributed by atoms with van der Waals surface area (Å²) in [5, 5.41) is 4.33. The average molecular weight is 288 g/mol. The third kappa shape index (κ3) is 2.19. The Balaban J connectivity index is 0.000000810. The number of aromatic amines is 1. The molecule has 0 radical (unpaired) electrons. The standard InChI is InChI=1S/C12H13N3O.2ClH/c13-12(16)11-10-8(5-6-14-11)7-3-1-2-4-9(7)15-10;;/h1-4,11,14-15H,5-6H2,(H2,13,16);2*1H. The van der Waals surface area contributed by atoms with Gasteiger partial charge in [-0.1, -0.05) is 18.2 Å². The van der Waals surface area contributed by atoms with Crippen LogP contribution < -0.4 is 11.1 Å². The van der Waals surface area contributed by atoms with Gasteiger partial charge in [0, 0.05) is 23.1 Å². The van der Waals surface area contributed by atoms with E-state index in [0.29, 0.717) is 0 Å². The Morgan fingerprint density at radius 1 is 1.28 bits per heavy atom. The van der Waals surface area contributed by atoms with Crippen LogP contribution in [0.3, 0.4) is 0 Å². The lowest BCUT2D eigenvalue weighted by Gasteiger charge is -2.21. The van der Waals surface area contributed by atoms with Crippen LogP contribution in [0.1, 0.15) is 17.3 Å². The molecule has 1 aromatic carbocycles. The van der Waals surface area contributed by atoms with Gasteiger partial charge in [-0.25, -0.2) is 0 Å². The fraction of sp³-hybridized carbons (Fsp3) is 0.250. The van der Waals surface area contributed by atoms with Gasteiger partial charge in [0.05, 0.1) is 0 Å². The molecule has 1 amide bonds. The van der Waals surface area contributed by atoms with Crippen LogP contribution in [-0.2, 0) is 11.2 Å². The van der Waals surface area contributed by atoms with Gasteiger partial charge in [0.25, 0.3) is 0 Å². The summed E-state index contributed by atoms with van der Waals surface area (Å²) in [7, 11) is 0. The SMILES string of the molecule is Cl.Cl.NC(=O)C1NCCc2c1[nH]c1ccccc21. The zero-order chi connectivity index (χ0) is 11.1. The summed E-state index contributed by atoms with van der Waals surface area (Å²) in [6.07, 6.45) is 0.934. The van der Waals surface area contributed by atoms with Crippen LogP contribution in [-0.4, -0.2) is 17.4 Å². The van der Waals surface area contributed by atoms with Crippen molar-refractivity contribution in [3.8, 4) is 0 Å².